The lowest BCUT2D eigenvalue weighted by atomic mass is 10.1. The molecule has 12 heavy (non-hydrogen) atoms. The third kappa shape index (κ3) is 3.87. The second kappa shape index (κ2) is 4.66. The third-order valence-corrected chi connectivity index (χ3v) is 1.32. The molecule has 70 valence electrons. The molecule has 0 aromatic rings. The summed E-state index contributed by atoms with van der Waals surface area (Å²) in [7, 11) is 0. The molecule has 6 heteroatoms. The highest BCUT2D eigenvalue weighted by molar-refractivity contribution is 5.74. The van der Waals surface area contributed by atoms with Crippen LogP contribution < -0.4 is 5.73 Å². The van der Waals surface area contributed by atoms with Crippen molar-refractivity contribution in [3.05, 3.63) is 0 Å². The highest BCUT2D eigenvalue weighted by Gasteiger charge is 2.19. The van der Waals surface area contributed by atoms with Crippen LogP contribution in [0, 0.1) is 0 Å². The molecule has 4 N–H and O–H groups in total. The highest BCUT2D eigenvalue weighted by atomic mass is 18.2. The van der Waals surface area contributed by atoms with Crippen LogP contribution in [0.1, 0.15) is 12.8 Å². The summed E-state index contributed by atoms with van der Waals surface area (Å²) < 4.78 is 12.3. The van der Waals surface area contributed by atoms with Gasteiger partial charge in [0.05, 0.1) is 0 Å². The van der Waals surface area contributed by atoms with Gasteiger partial charge in [-0.05, 0) is 12.8 Å². The van der Waals surface area contributed by atoms with Gasteiger partial charge in [-0.1, -0.05) is 0 Å². The number of aliphatic carboxylic acids is 2. The zero-order valence-electron chi connectivity index (χ0n) is 6.24. The lowest BCUT2D eigenvalue weighted by Crippen LogP contribution is -2.31. The quantitative estimate of drug-likeness (QED) is 0.531. The van der Waals surface area contributed by atoms with Crippen molar-refractivity contribution in [1.29, 1.82) is 0 Å². The van der Waals surface area contributed by atoms with E-state index in [1.807, 2.05) is 0 Å². The lowest BCUT2D eigenvalue weighted by Gasteiger charge is -2.06. The van der Waals surface area contributed by atoms with E-state index < -0.39 is 24.2 Å². The molecule has 0 aliphatic heterocycles. The molecule has 0 spiro atoms. The monoisotopic (exact) mass is 178 g/mol. The molecule has 0 saturated carbocycles. The maximum absolute atomic E-state index is 12.3. The smallest absolute Gasteiger partial charge is 0.338 e. The predicted molar refractivity (Wildman–Crippen MR) is 37.4 cm³/mol. The van der Waals surface area contributed by atoms with Crippen molar-refractivity contribution in [2.45, 2.75) is 25.1 Å². The van der Waals surface area contributed by atoms with Crippen molar-refractivity contribution < 1.29 is 24.2 Å². The van der Waals surface area contributed by atoms with E-state index in [1.165, 1.54) is 0 Å². The maximum atomic E-state index is 12.3. The summed E-state index contributed by atoms with van der Waals surface area (Å²) >= 11 is 0. The fourth-order valence-electron chi connectivity index (χ4n) is 0.573. The van der Waals surface area contributed by atoms with Crippen LogP contribution in [0.2, 0.25) is 0 Å². The molecule has 0 aliphatic carbocycles. The number of nitrogens with two attached hydrogens (primary N) is 1. The Morgan fingerprint density at radius 1 is 1.25 bits per heavy atom. The van der Waals surface area contributed by atoms with Crippen molar-refractivity contribution in [3.63, 3.8) is 0 Å². The van der Waals surface area contributed by atoms with Gasteiger partial charge in [-0.2, -0.15) is 0 Å². The first kappa shape index (κ1) is 10.8. The van der Waals surface area contributed by atoms with E-state index in [-0.39, 0.29) is 12.8 Å². The van der Waals surface area contributed by atoms with Gasteiger partial charge in [0.2, 0.25) is 0 Å². The van der Waals surface area contributed by atoms with E-state index in [1.54, 1.807) is 0 Å². The van der Waals surface area contributed by atoms with Crippen LogP contribution in [-0.2, 0) is 9.59 Å². The molecule has 0 heterocycles. The standard InChI is InChI=1S/C6H10FNO4/c7-3(5(9)10)1-2-4(8)6(11)12/h3-4H,1-2,8H2,(H,9,10)(H,11,12)/t3?,4-/m0/s1/i7-1. The molecule has 0 bridgehead atoms. The largest absolute Gasteiger partial charge is 0.480 e. The maximum Gasteiger partial charge on any atom is 0.338 e. The van der Waals surface area contributed by atoms with E-state index >= 15 is 0 Å². The molecule has 5 nitrogen and oxygen atoms in total. The number of rotatable bonds is 5. The van der Waals surface area contributed by atoms with E-state index in [2.05, 4.69) is 0 Å². The minimum atomic E-state index is -2.03. The Morgan fingerprint density at radius 3 is 2.08 bits per heavy atom. The Kier molecular flexibility index (Phi) is 4.20. The molecule has 0 aromatic carbocycles. The minimum Gasteiger partial charge on any atom is -0.480 e. The number of hydrogen-bond acceptors (Lipinski definition) is 3. The van der Waals surface area contributed by atoms with Gasteiger partial charge in [0, 0.05) is 0 Å². The first-order chi connectivity index (χ1) is 5.45. The van der Waals surface area contributed by atoms with Gasteiger partial charge in [-0.3, -0.25) is 4.79 Å². The van der Waals surface area contributed by atoms with Gasteiger partial charge in [0.1, 0.15) is 6.04 Å². The molecule has 0 amide bonds. The normalized spacial score (nSPS) is 15.2. The molecule has 0 saturated heterocycles. The Hall–Kier alpha value is -1.17. The second-order valence-electron chi connectivity index (χ2n) is 2.33. The van der Waals surface area contributed by atoms with Crippen molar-refractivity contribution in [2.24, 2.45) is 5.73 Å². The summed E-state index contributed by atoms with van der Waals surface area (Å²) in [6, 6.07) is -1.19. The van der Waals surface area contributed by atoms with Crippen LogP contribution in [0.3, 0.4) is 0 Å². The van der Waals surface area contributed by atoms with Gasteiger partial charge in [0.25, 0.3) is 0 Å². The van der Waals surface area contributed by atoms with E-state index in [4.69, 9.17) is 15.9 Å². The number of carboxylic acid groups (broad SMARTS) is 2. The van der Waals surface area contributed by atoms with E-state index in [9.17, 15) is 14.0 Å². The molecule has 0 aliphatic rings. The van der Waals surface area contributed by atoms with Gasteiger partial charge in [0.15, 0.2) is 6.17 Å². The molecule has 0 rings (SSSR count). The van der Waals surface area contributed by atoms with Crippen LogP contribution in [0.25, 0.3) is 0 Å². The predicted octanol–water partition coefficient (Wildman–Crippen LogP) is -0.399. The summed E-state index contributed by atoms with van der Waals surface area (Å²) in [6.45, 7) is 0. The lowest BCUT2D eigenvalue weighted by molar-refractivity contribution is -0.144. The Morgan fingerprint density at radius 2 is 1.75 bits per heavy atom. The van der Waals surface area contributed by atoms with Crippen LogP contribution >= 0.6 is 0 Å². The number of alkyl halides is 1. The van der Waals surface area contributed by atoms with Crippen molar-refractivity contribution in [3.8, 4) is 0 Å². The van der Waals surface area contributed by atoms with E-state index in [0.717, 1.165) is 0 Å². The molecular formula is C6H10FNO4. The topological polar surface area (TPSA) is 101 Å². The first-order valence-corrected chi connectivity index (χ1v) is 3.30. The summed E-state index contributed by atoms with van der Waals surface area (Å²) in [5.74, 6) is -2.85. The summed E-state index contributed by atoms with van der Waals surface area (Å²) in [4.78, 5) is 20.0. The molecule has 1 unspecified atom stereocenters. The van der Waals surface area contributed by atoms with Crippen molar-refractivity contribution in [1.82, 2.24) is 0 Å². The van der Waals surface area contributed by atoms with Crippen molar-refractivity contribution in [2.75, 3.05) is 0 Å². The van der Waals surface area contributed by atoms with Gasteiger partial charge in [-0.15, -0.1) is 0 Å². The van der Waals surface area contributed by atoms with Crippen LogP contribution in [0.5, 0.6) is 0 Å². The van der Waals surface area contributed by atoms with Crippen LogP contribution in [-0.4, -0.2) is 34.4 Å². The van der Waals surface area contributed by atoms with Gasteiger partial charge in [-0.25, -0.2) is 9.18 Å². The van der Waals surface area contributed by atoms with Crippen LogP contribution in [0.4, 0.5) is 4.39 Å². The summed E-state index contributed by atoms with van der Waals surface area (Å²) in [6.07, 6.45) is -2.58. The van der Waals surface area contributed by atoms with Gasteiger partial charge >= 0.3 is 11.9 Å². The third-order valence-electron chi connectivity index (χ3n) is 1.32. The average Bonchev–Trinajstić information content (AvgIpc) is 1.98. The van der Waals surface area contributed by atoms with E-state index in [0.29, 0.717) is 0 Å². The Balaban J connectivity index is 3.68. The summed E-state index contributed by atoms with van der Waals surface area (Å²) in [5.41, 5.74) is 5.01. The average molecular weight is 178 g/mol. The molecule has 2 atom stereocenters. The molecule has 0 fully saturated rings. The Labute approximate surface area is 68.0 Å². The fourth-order valence-corrected chi connectivity index (χ4v) is 0.573. The fraction of sp³-hybridized carbons (Fsp3) is 0.667. The number of hydrogen-bond donors (Lipinski definition) is 3. The second-order valence-corrected chi connectivity index (χ2v) is 2.33. The summed E-state index contributed by atoms with van der Waals surface area (Å²) in [5, 5.41) is 16.3. The number of carboxylic acids is 2. The zero-order valence-corrected chi connectivity index (χ0v) is 6.24. The van der Waals surface area contributed by atoms with Gasteiger partial charge < -0.3 is 15.9 Å². The molecule has 0 aromatic heterocycles. The minimum absolute atomic E-state index is 0.178. The SMILES string of the molecule is N[C@@H](CCC([18F])C(=O)O)C(=O)O. The molecular weight excluding hydrogens is 168 g/mol. The highest BCUT2D eigenvalue weighted by Crippen LogP contribution is 2.04. The van der Waals surface area contributed by atoms with Crippen molar-refractivity contribution >= 4 is 11.9 Å². The first-order valence-electron chi connectivity index (χ1n) is 3.30. The Bertz CT molecular complexity index is 164. The number of carbonyl (C=O) groups is 2. The molecule has 0 radical (unpaired) electrons. The number of halogens is 1. The zero-order chi connectivity index (χ0) is 9.72. The van der Waals surface area contributed by atoms with Crippen LogP contribution in [0.15, 0.2) is 0 Å².